The van der Waals surface area contributed by atoms with Crippen LogP contribution >= 0.6 is 0 Å². The molecule has 1 aromatic heterocycles. The number of nitro groups is 1. The summed E-state index contributed by atoms with van der Waals surface area (Å²) in [6, 6.07) is 8.21. The minimum atomic E-state index is -4.58. The summed E-state index contributed by atoms with van der Waals surface area (Å²) in [6.07, 6.45) is -4.97. The fraction of sp³-hybridized carbons (Fsp3) is 0.182. The Balaban J connectivity index is 1.62. The van der Waals surface area contributed by atoms with Gasteiger partial charge in [0.2, 0.25) is 17.8 Å². The Morgan fingerprint density at radius 3 is 2.61 bits per heavy atom. The molecule has 0 radical (unpaired) electrons. The predicted octanol–water partition coefficient (Wildman–Crippen LogP) is 3.81. The van der Waals surface area contributed by atoms with E-state index in [1.165, 1.54) is 31.2 Å². The number of aryl methyl sites for hydroxylation is 1. The maximum Gasteiger partial charge on any atom is 0.416 e. The van der Waals surface area contributed by atoms with Crippen molar-refractivity contribution < 1.29 is 27.7 Å². The van der Waals surface area contributed by atoms with E-state index in [2.05, 4.69) is 25.9 Å². The predicted molar refractivity (Wildman–Crippen MR) is 122 cm³/mol. The number of aromatic nitrogens is 2. The maximum absolute atomic E-state index is 13.0. The zero-order valence-electron chi connectivity index (χ0n) is 18.4. The number of carbonyl (C=O) groups is 2. The van der Waals surface area contributed by atoms with Crippen LogP contribution in [0.5, 0.6) is 0 Å². The van der Waals surface area contributed by atoms with Crippen LogP contribution < -0.4 is 21.5 Å². The molecule has 1 unspecified atom stereocenters. The van der Waals surface area contributed by atoms with Gasteiger partial charge in [0.15, 0.2) is 0 Å². The molecule has 0 spiro atoms. The summed E-state index contributed by atoms with van der Waals surface area (Å²) in [5, 5.41) is 18.6. The molecule has 36 heavy (non-hydrogen) atoms. The number of nitrogens with one attached hydrogen (secondary N) is 4. The minimum absolute atomic E-state index is 0.0229. The number of hydrogen-bond acceptors (Lipinski definition) is 7. The van der Waals surface area contributed by atoms with Gasteiger partial charge in [-0.3, -0.25) is 29.5 Å². The van der Waals surface area contributed by atoms with Crippen LogP contribution in [0.2, 0.25) is 0 Å². The Hall–Kier alpha value is -4.75. The number of alkyl halides is 3. The molecule has 0 saturated heterocycles. The van der Waals surface area contributed by atoms with Crippen molar-refractivity contribution in [1.29, 1.82) is 0 Å². The molecule has 14 heteroatoms. The lowest BCUT2D eigenvalue weighted by molar-refractivity contribution is -0.385. The standard InChI is InChI=1S/C22H17F3N6O5/c1-10-5-6-13(8-15(10)31(35)36)26-19(33)14-9-16(32)28-18-17(14)20(34)30-21(29-18)27-12-4-2-3-11(7-12)22(23,24)25/h2-8,14H,9H2,1H3,(H,26,33)(H3,27,28,29,30,32,34). The lowest BCUT2D eigenvalue weighted by Gasteiger charge is -2.23. The molecule has 0 fully saturated rings. The summed E-state index contributed by atoms with van der Waals surface area (Å²) in [7, 11) is 0. The fourth-order valence-corrected chi connectivity index (χ4v) is 3.68. The first-order valence-corrected chi connectivity index (χ1v) is 10.4. The minimum Gasteiger partial charge on any atom is -0.326 e. The zero-order valence-corrected chi connectivity index (χ0v) is 18.4. The van der Waals surface area contributed by atoms with Gasteiger partial charge in [-0.25, -0.2) is 0 Å². The van der Waals surface area contributed by atoms with Crippen molar-refractivity contribution in [2.45, 2.75) is 25.4 Å². The van der Waals surface area contributed by atoms with Gasteiger partial charge in [-0.1, -0.05) is 12.1 Å². The highest BCUT2D eigenvalue weighted by Gasteiger charge is 2.35. The second kappa shape index (κ2) is 9.13. The van der Waals surface area contributed by atoms with E-state index in [1.807, 2.05) is 0 Å². The lowest BCUT2D eigenvalue weighted by Crippen LogP contribution is -2.36. The second-order valence-corrected chi connectivity index (χ2v) is 7.93. The fourth-order valence-electron chi connectivity index (χ4n) is 3.68. The molecule has 4 rings (SSSR count). The van der Waals surface area contributed by atoms with Crippen molar-refractivity contribution in [3.63, 3.8) is 0 Å². The highest BCUT2D eigenvalue weighted by Crippen LogP contribution is 2.33. The molecule has 1 atom stereocenters. The number of H-pyrrole nitrogens is 1. The Bertz CT molecular complexity index is 1450. The van der Waals surface area contributed by atoms with E-state index >= 15 is 0 Å². The van der Waals surface area contributed by atoms with Crippen LogP contribution in [-0.4, -0.2) is 26.7 Å². The molecular weight excluding hydrogens is 485 g/mol. The SMILES string of the molecule is Cc1ccc(NC(=O)C2CC(=O)Nc3nc(Nc4cccc(C(F)(F)F)c4)[nH]c(=O)c32)cc1[N+](=O)[O-]. The maximum atomic E-state index is 13.0. The van der Waals surface area contributed by atoms with Gasteiger partial charge < -0.3 is 16.0 Å². The van der Waals surface area contributed by atoms with Crippen molar-refractivity contribution in [2.75, 3.05) is 16.0 Å². The van der Waals surface area contributed by atoms with Crippen molar-refractivity contribution in [1.82, 2.24) is 9.97 Å². The third kappa shape index (κ3) is 5.01. The Morgan fingerprint density at radius 2 is 1.92 bits per heavy atom. The number of carbonyl (C=O) groups excluding carboxylic acids is 2. The summed E-state index contributed by atoms with van der Waals surface area (Å²) in [5.74, 6) is -3.16. The van der Waals surface area contributed by atoms with E-state index in [0.29, 0.717) is 5.56 Å². The number of anilines is 4. The number of hydrogen-bond donors (Lipinski definition) is 4. The summed E-state index contributed by atoms with van der Waals surface area (Å²) < 4.78 is 38.9. The summed E-state index contributed by atoms with van der Waals surface area (Å²) in [5.41, 5.74) is -1.66. The first-order valence-electron chi connectivity index (χ1n) is 10.4. The van der Waals surface area contributed by atoms with E-state index in [0.717, 1.165) is 18.2 Å². The zero-order chi connectivity index (χ0) is 26.2. The van der Waals surface area contributed by atoms with Crippen LogP contribution in [0.3, 0.4) is 0 Å². The highest BCUT2D eigenvalue weighted by molar-refractivity contribution is 6.04. The molecule has 1 aliphatic rings. The molecule has 2 aromatic carbocycles. The van der Waals surface area contributed by atoms with Crippen molar-refractivity contribution in [3.05, 3.63) is 79.6 Å². The number of rotatable bonds is 5. The van der Waals surface area contributed by atoms with Gasteiger partial charge >= 0.3 is 6.18 Å². The van der Waals surface area contributed by atoms with Crippen molar-refractivity contribution in [2.24, 2.45) is 0 Å². The number of amides is 2. The van der Waals surface area contributed by atoms with Gasteiger partial charge in [0, 0.05) is 29.4 Å². The van der Waals surface area contributed by atoms with Crippen LogP contribution in [0, 0.1) is 17.0 Å². The van der Waals surface area contributed by atoms with E-state index < -0.39 is 46.4 Å². The van der Waals surface area contributed by atoms with Crippen molar-refractivity contribution >= 4 is 40.6 Å². The van der Waals surface area contributed by atoms with E-state index in [-0.39, 0.29) is 34.4 Å². The first-order chi connectivity index (χ1) is 16.9. The average Bonchev–Trinajstić information content (AvgIpc) is 2.79. The monoisotopic (exact) mass is 502 g/mol. The Morgan fingerprint density at radius 1 is 1.17 bits per heavy atom. The number of aromatic amines is 1. The van der Waals surface area contributed by atoms with E-state index in [4.69, 9.17) is 0 Å². The van der Waals surface area contributed by atoms with E-state index in [1.54, 1.807) is 0 Å². The van der Waals surface area contributed by atoms with Crippen molar-refractivity contribution in [3.8, 4) is 0 Å². The van der Waals surface area contributed by atoms with Gasteiger partial charge in [0.25, 0.3) is 11.2 Å². The number of fused-ring (bicyclic) bond motifs is 1. The molecule has 4 N–H and O–H groups in total. The molecule has 186 valence electrons. The molecule has 0 saturated carbocycles. The third-order valence-corrected chi connectivity index (χ3v) is 5.39. The Kier molecular flexibility index (Phi) is 6.18. The molecule has 0 aliphatic carbocycles. The van der Waals surface area contributed by atoms with Crippen LogP contribution in [0.15, 0.2) is 47.3 Å². The van der Waals surface area contributed by atoms with Crippen LogP contribution in [0.25, 0.3) is 0 Å². The second-order valence-electron chi connectivity index (χ2n) is 7.93. The van der Waals surface area contributed by atoms with Gasteiger partial charge in [-0.15, -0.1) is 0 Å². The number of nitrogens with zero attached hydrogens (tertiary/aromatic N) is 2. The molecule has 2 amide bonds. The van der Waals surface area contributed by atoms with Crippen LogP contribution in [0.1, 0.15) is 29.0 Å². The summed E-state index contributed by atoms with van der Waals surface area (Å²) in [4.78, 5) is 55.0. The van der Waals surface area contributed by atoms with Crippen LogP contribution in [-0.2, 0) is 15.8 Å². The normalized spacial score (nSPS) is 15.0. The molecule has 1 aliphatic heterocycles. The molecule has 0 bridgehead atoms. The van der Waals surface area contributed by atoms with Gasteiger partial charge in [-0.05, 0) is 31.2 Å². The first kappa shape index (κ1) is 24.4. The largest absolute Gasteiger partial charge is 0.416 e. The van der Waals surface area contributed by atoms with Gasteiger partial charge in [0.05, 0.1) is 22.0 Å². The van der Waals surface area contributed by atoms with Gasteiger partial charge in [0.1, 0.15) is 5.82 Å². The number of benzene rings is 2. The summed E-state index contributed by atoms with van der Waals surface area (Å²) >= 11 is 0. The lowest BCUT2D eigenvalue weighted by atomic mass is 9.92. The third-order valence-electron chi connectivity index (χ3n) is 5.39. The molecule has 11 nitrogen and oxygen atoms in total. The number of nitro benzene ring substituents is 1. The molecule has 3 aromatic rings. The quantitative estimate of drug-likeness (QED) is 0.305. The molecule has 2 heterocycles. The summed E-state index contributed by atoms with van der Waals surface area (Å²) in [6.45, 7) is 1.53. The van der Waals surface area contributed by atoms with Gasteiger partial charge in [-0.2, -0.15) is 18.2 Å². The average molecular weight is 502 g/mol. The smallest absolute Gasteiger partial charge is 0.326 e. The Labute approximate surface area is 199 Å². The molecular formula is C22H17F3N6O5. The highest BCUT2D eigenvalue weighted by atomic mass is 19.4. The topological polar surface area (TPSA) is 159 Å². The van der Waals surface area contributed by atoms with E-state index in [9.17, 15) is 37.7 Å². The number of halogens is 3. The van der Waals surface area contributed by atoms with Crippen LogP contribution in [0.4, 0.5) is 42.0 Å².